The molecule has 2 aromatic heterocycles. The first-order chi connectivity index (χ1) is 12.4. The number of nitrogens with one attached hydrogen (secondary N) is 3. The van der Waals surface area contributed by atoms with Gasteiger partial charge in [0.25, 0.3) is 0 Å². The Hall–Kier alpha value is -2.33. The van der Waals surface area contributed by atoms with Gasteiger partial charge >= 0.3 is 0 Å². The number of para-hydroxylation sites is 1. The summed E-state index contributed by atoms with van der Waals surface area (Å²) in [5.74, 6) is 0.846. The fourth-order valence-corrected chi connectivity index (χ4v) is 3.73. The van der Waals surface area contributed by atoms with Gasteiger partial charge < -0.3 is 15.6 Å². The standard InChI is InChI=1S/C21H26N4/c1-2-9-18-17(8-1)20(14-21(25-18)19-10-5-13-23-19)24-12-4-7-16-6-3-11-22-15-16/h1-2,5,8-10,13-14,16,22-23H,3-4,6-7,11-12,15H2,(H,24,25). The lowest BCUT2D eigenvalue weighted by molar-refractivity contribution is 0.353. The van der Waals surface area contributed by atoms with Crippen LogP contribution in [-0.4, -0.2) is 29.6 Å². The van der Waals surface area contributed by atoms with Crippen LogP contribution in [-0.2, 0) is 0 Å². The van der Waals surface area contributed by atoms with E-state index in [0.29, 0.717) is 0 Å². The maximum Gasteiger partial charge on any atom is 0.0892 e. The van der Waals surface area contributed by atoms with E-state index in [9.17, 15) is 0 Å². The number of H-pyrrole nitrogens is 1. The molecule has 1 unspecified atom stereocenters. The number of benzene rings is 1. The molecule has 3 aromatic rings. The molecule has 1 atom stereocenters. The van der Waals surface area contributed by atoms with Crippen molar-refractivity contribution < 1.29 is 0 Å². The molecule has 25 heavy (non-hydrogen) atoms. The van der Waals surface area contributed by atoms with Gasteiger partial charge in [-0.1, -0.05) is 18.2 Å². The zero-order valence-corrected chi connectivity index (χ0v) is 14.6. The summed E-state index contributed by atoms with van der Waals surface area (Å²) in [6, 6.07) is 14.6. The number of aromatic nitrogens is 2. The van der Waals surface area contributed by atoms with Crippen molar-refractivity contribution in [1.82, 2.24) is 15.3 Å². The quantitative estimate of drug-likeness (QED) is 0.585. The molecule has 0 saturated carbocycles. The molecular formula is C21H26N4. The summed E-state index contributed by atoms with van der Waals surface area (Å²) < 4.78 is 0. The molecule has 0 radical (unpaired) electrons. The van der Waals surface area contributed by atoms with E-state index in [-0.39, 0.29) is 0 Å². The third-order valence-corrected chi connectivity index (χ3v) is 5.09. The topological polar surface area (TPSA) is 52.7 Å². The molecule has 1 aliphatic heterocycles. The van der Waals surface area contributed by atoms with E-state index < -0.39 is 0 Å². The first kappa shape index (κ1) is 16.2. The molecule has 1 aliphatic rings. The fraction of sp³-hybridized carbons (Fsp3) is 0.381. The van der Waals surface area contributed by atoms with Crippen molar-refractivity contribution in [3.05, 3.63) is 48.7 Å². The Bertz CT molecular complexity index is 804. The van der Waals surface area contributed by atoms with Gasteiger partial charge in [0.05, 0.1) is 16.9 Å². The lowest BCUT2D eigenvalue weighted by Gasteiger charge is -2.22. The molecule has 0 bridgehead atoms. The van der Waals surface area contributed by atoms with Gasteiger partial charge in [-0.2, -0.15) is 0 Å². The fourth-order valence-electron chi connectivity index (χ4n) is 3.73. The van der Waals surface area contributed by atoms with Crippen LogP contribution in [0.15, 0.2) is 48.7 Å². The van der Waals surface area contributed by atoms with Crippen LogP contribution in [0.4, 0.5) is 5.69 Å². The Morgan fingerprint density at radius 1 is 1.16 bits per heavy atom. The Balaban J connectivity index is 1.47. The van der Waals surface area contributed by atoms with Crippen molar-refractivity contribution in [1.29, 1.82) is 0 Å². The Morgan fingerprint density at radius 2 is 2.12 bits per heavy atom. The van der Waals surface area contributed by atoms with Gasteiger partial charge in [0.1, 0.15) is 0 Å². The highest BCUT2D eigenvalue weighted by Crippen LogP contribution is 2.27. The number of pyridine rings is 1. The summed E-state index contributed by atoms with van der Waals surface area (Å²) in [5, 5.41) is 8.36. The smallest absolute Gasteiger partial charge is 0.0892 e. The second kappa shape index (κ2) is 7.70. The average molecular weight is 334 g/mol. The number of hydrogen-bond donors (Lipinski definition) is 3. The molecule has 1 aromatic carbocycles. The highest BCUT2D eigenvalue weighted by atomic mass is 14.9. The predicted octanol–water partition coefficient (Wildman–Crippen LogP) is 4.42. The number of aromatic amines is 1. The number of hydrogen-bond acceptors (Lipinski definition) is 3. The molecule has 4 rings (SSSR count). The van der Waals surface area contributed by atoms with Crippen LogP contribution >= 0.6 is 0 Å². The van der Waals surface area contributed by atoms with Crippen molar-refractivity contribution in [3.63, 3.8) is 0 Å². The van der Waals surface area contributed by atoms with E-state index in [1.807, 2.05) is 18.3 Å². The monoisotopic (exact) mass is 334 g/mol. The van der Waals surface area contributed by atoms with E-state index in [2.05, 4.69) is 45.9 Å². The highest BCUT2D eigenvalue weighted by molar-refractivity contribution is 5.93. The summed E-state index contributed by atoms with van der Waals surface area (Å²) in [4.78, 5) is 8.06. The minimum atomic E-state index is 0.846. The number of nitrogens with zero attached hydrogens (tertiary/aromatic N) is 1. The Morgan fingerprint density at radius 3 is 2.96 bits per heavy atom. The first-order valence-electron chi connectivity index (χ1n) is 9.38. The SMILES string of the molecule is c1c[nH]c(-c2cc(NCCCC3CCCNC3)c3ccccc3n2)c1. The van der Waals surface area contributed by atoms with E-state index in [4.69, 9.17) is 4.98 Å². The lowest BCUT2D eigenvalue weighted by Crippen LogP contribution is -2.29. The molecule has 3 heterocycles. The second-order valence-corrected chi connectivity index (χ2v) is 6.94. The summed E-state index contributed by atoms with van der Waals surface area (Å²) in [5.41, 5.74) is 4.26. The first-order valence-corrected chi connectivity index (χ1v) is 9.38. The zero-order valence-electron chi connectivity index (χ0n) is 14.6. The molecule has 3 N–H and O–H groups in total. The summed E-state index contributed by atoms with van der Waals surface area (Å²) >= 11 is 0. The van der Waals surface area contributed by atoms with Gasteiger partial charge in [0.2, 0.25) is 0 Å². The number of fused-ring (bicyclic) bond motifs is 1. The van der Waals surface area contributed by atoms with Gasteiger partial charge in [0, 0.05) is 23.8 Å². The van der Waals surface area contributed by atoms with E-state index in [1.165, 1.54) is 49.8 Å². The predicted molar refractivity (Wildman–Crippen MR) is 105 cm³/mol. The minimum absolute atomic E-state index is 0.846. The lowest BCUT2D eigenvalue weighted by atomic mass is 9.95. The van der Waals surface area contributed by atoms with Crippen molar-refractivity contribution >= 4 is 16.6 Å². The summed E-state index contributed by atoms with van der Waals surface area (Å²) in [6.07, 6.45) is 7.15. The minimum Gasteiger partial charge on any atom is -0.384 e. The van der Waals surface area contributed by atoms with Gasteiger partial charge in [-0.05, 0) is 69.0 Å². The van der Waals surface area contributed by atoms with Crippen LogP contribution < -0.4 is 10.6 Å². The molecule has 130 valence electrons. The van der Waals surface area contributed by atoms with Crippen LogP contribution in [0.3, 0.4) is 0 Å². The molecular weight excluding hydrogens is 308 g/mol. The molecule has 1 saturated heterocycles. The Kier molecular flexibility index (Phi) is 4.98. The van der Waals surface area contributed by atoms with Crippen LogP contribution in [0, 0.1) is 5.92 Å². The number of piperidine rings is 1. The third-order valence-electron chi connectivity index (χ3n) is 5.09. The van der Waals surface area contributed by atoms with Gasteiger partial charge in [-0.3, -0.25) is 0 Å². The Labute approximate surface area is 149 Å². The maximum atomic E-state index is 4.80. The molecule has 0 aliphatic carbocycles. The van der Waals surface area contributed by atoms with E-state index in [1.54, 1.807) is 0 Å². The molecule has 1 fully saturated rings. The summed E-state index contributed by atoms with van der Waals surface area (Å²) in [7, 11) is 0. The van der Waals surface area contributed by atoms with Crippen LogP contribution in [0.5, 0.6) is 0 Å². The van der Waals surface area contributed by atoms with Crippen molar-refractivity contribution in [2.45, 2.75) is 25.7 Å². The van der Waals surface area contributed by atoms with Gasteiger partial charge in [-0.15, -0.1) is 0 Å². The molecule has 4 nitrogen and oxygen atoms in total. The molecule has 0 spiro atoms. The average Bonchev–Trinajstić information content (AvgIpc) is 3.20. The van der Waals surface area contributed by atoms with Crippen molar-refractivity contribution in [2.75, 3.05) is 25.0 Å². The normalized spacial score (nSPS) is 17.7. The van der Waals surface area contributed by atoms with E-state index in [0.717, 1.165) is 29.4 Å². The number of rotatable bonds is 6. The van der Waals surface area contributed by atoms with Crippen LogP contribution in [0.2, 0.25) is 0 Å². The van der Waals surface area contributed by atoms with Crippen molar-refractivity contribution in [2.24, 2.45) is 5.92 Å². The molecule has 0 amide bonds. The van der Waals surface area contributed by atoms with Crippen LogP contribution in [0.25, 0.3) is 22.3 Å². The zero-order chi connectivity index (χ0) is 16.9. The highest BCUT2D eigenvalue weighted by Gasteiger charge is 2.12. The largest absolute Gasteiger partial charge is 0.384 e. The molecule has 4 heteroatoms. The maximum absolute atomic E-state index is 4.80. The summed E-state index contributed by atoms with van der Waals surface area (Å²) in [6.45, 7) is 3.39. The van der Waals surface area contributed by atoms with E-state index >= 15 is 0 Å². The van der Waals surface area contributed by atoms with Gasteiger partial charge in [-0.25, -0.2) is 4.98 Å². The van der Waals surface area contributed by atoms with Gasteiger partial charge in [0.15, 0.2) is 0 Å². The number of anilines is 1. The third kappa shape index (κ3) is 3.85. The second-order valence-electron chi connectivity index (χ2n) is 6.94. The van der Waals surface area contributed by atoms with Crippen molar-refractivity contribution in [3.8, 4) is 11.4 Å². The van der Waals surface area contributed by atoms with Crippen LogP contribution in [0.1, 0.15) is 25.7 Å².